The lowest BCUT2D eigenvalue weighted by Crippen LogP contribution is -2.54. The molecule has 258 valence electrons. The third kappa shape index (κ3) is 9.21. The zero-order valence-corrected chi connectivity index (χ0v) is 29.4. The lowest BCUT2D eigenvalue weighted by Gasteiger charge is -2.34. The molecule has 0 radical (unpaired) electrons. The van der Waals surface area contributed by atoms with Crippen LogP contribution in [0.25, 0.3) is 0 Å². The van der Waals surface area contributed by atoms with Gasteiger partial charge in [-0.3, -0.25) is 13.9 Å². The van der Waals surface area contributed by atoms with Gasteiger partial charge in [0.15, 0.2) is 0 Å². The highest BCUT2D eigenvalue weighted by atomic mass is 32.2. The van der Waals surface area contributed by atoms with Crippen molar-refractivity contribution in [2.75, 3.05) is 23.7 Å². The Bertz CT molecular complexity index is 1800. The first kappa shape index (κ1) is 35.9. The molecule has 11 heteroatoms. The van der Waals surface area contributed by atoms with E-state index in [1.54, 1.807) is 55.5 Å². The smallest absolute Gasteiger partial charge is 0.264 e. The van der Waals surface area contributed by atoms with Crippen molar-refractivity contribution in [2.45, 2.75) is 67.4 Å². The molecule has 1 atom stereocenters. The second-order valence-corrected chi connectivity index (χ2v) is 14.7. The number of rotatable bonds is 15. The minimum Gasteiger partial charge on any atom is -0.492 e. The predicted octanol–water partition coefficient (Wildman–Crippen LogP) is 6.84. The first-order valence-corrected chi connectivity index (χ1v) is 19.1. The highest BCUT2D eigenvalue weighted by Crippen LogP contribution is 2.33. The van der Waals surface area contributed by atoms with Crippen LogP contribution in [0.4, 0.5) is 10.1 Å². The van der Waals surface area contributed by atoms with Crippen molar-refractivity contribution >= 4 is 39.3 Å². The summed E-state index contributed by atoms with van der Waals surface area (Å²) in [5.41, 5.74) is 1.63. The maximum absolute atomic E-state index is 14.7. The molecule has 0 heterocycles. The van der Waals surface area contributed by atoms with Crippen LogP contribution in [0.15, 0.2) is 113 Å². The largest absolute Gasteiger partial charge is 0.492 e. The van der Waals surface area contributed by atoms with E-state index < -0.39 is 34.3 Å². The Morgan fingerprint density at radius 1 is 0.898 bits per heavy atom. The minimum atomic E-state index is -4.30. The Balaban J connectivity index is 1.59. The van der Waals surface area contributed by atoms with E-state index in [0.29, 0.717) is 11.3 Å². The van der Waals surface area contributed by atoms with Gasteiger partial charge in [0.1, 0.15) is 24.2 Å². The summed E-state index contributed by atoms with van der Waals surface area (Å²) >= 11 is 1.49. The van der Waals surface area contributed by atoms with Crippen LogP contribution in [0, 0.1) is 5.82 Å². The monoisotopic (exact) mass is 703 g/mol. The average molecular weight is 704 g/mol. The van der Waals surface area contributed by atoms with Crippen molar-refractivity contribution in [2.24, 2.45) is 0 Å². The Kier molecular flexibility index (Phi) is 12.4. The van der Waals surface area contributed by atoms with E-state index in [1.807, 2.05) is 36.6 Å². The van der Waals surface area contributed by atoms with E-state index in [1.165, 1.54) is 40.9 Å². The standard InChI is InChI=1S/C38H42FN3O5S2/c1-3-47-36-16-10-9-15-34(36)42(49(45,46)33-23-21-32(48-2)22-24-33)27-37(43)41(26-29-17-19-30(39)20-18-29)35(25-28-11-5-4-6-12-28)38(44)40-31-13-7-8-14-31/h4-6,9-12,15-24,31,35H,3,7-8,13-14,25-27H2,1-2H3,(H,40,44). The van der Waals surface area contributed by atoms with E-state index in [0.717, 1.165) is 40.4 Å². The van der Waals surface area contributed by atoms with Crippen molar-refractivity contribution in [3.8, 4) is 5.75 Å². The van der Waals surface area contributed by atoms with Crippen molar-refractivity contribution in [3.05, 3.63) is 120 Å². The van der Waals surface area contributed by atoms with E-state index in [4.69, 9.17) is 4.74 Å². The molecule has 8 nitrogen and oxygen atoms in total. The number of carbonyl (C=O) groups excluding carboxylic acids is 2. The Hall–Kier alpha value is -4.35. The molecular weight excluding hydrogens is 662 g/mol. The Morgan fingerprint density at radius 2 is 1.55 bits per heavy atom. The second-order valence-electron chi connectivity index (χ2n) is 11.9. The van der Waals surface area contributed by atoms with Crippen LogP contribution >= 0.6 is 11.8 Å². The number of ether oxygens (including phenoxy) is 1. The number of benzene rings is 4. The van der Waals surface area contributed by atoms with Crippen LogP contribution in [0.3, 0.4) is 0 Å². The summed E-state index contributed by atoms with van der Waals surface area (Å²) in [6.07, 6.45) is 5.82. The average Bonchev–Trinajstić information content (AvgIpc) is 3.63. The van der Waals surface area contributed by atoms with Gasteiger partial charge in [0.25, 0.3) is 10.0 Å². The van der Waals surface area contributed by atoms with Gasteiger partial charge in [0.2, 0.25) is 11.8 Å². The molecule has 1 unspecified atom stereocenters. The van der Waals surface area contributed by atoms with Gasteiger partial charge in [0, 0.05) is 23.9 Å². The molecule has 0 aliphatic heterocycles. The van der Waals surface area contributed by atoms with Crippen LogP contribution < -0.4 is 14.4 Å². The molecule has 0 aromatic heterocycles. The van der Waals surface area contributed by atoms with Gasteiger partial charge < -0.3 is 15.0 Å². The predicted molar refractivity (Wildman–Crippen MR) is 192 cm³/mol. The molecule has 4 aromatic carbocycles. The third-order valence-corrected chi connectivity index (χ3v) is 11.1. The highest BCUT2D eigenvalue weighted by Gasteiger charge is 2.36. The van der Waals surface area contributed by atoms with E-state index in [9.17, 15) is 22.4 Å². The quantitative estimate of drug-likeness (QED) is 0.136. The van der Waals surface area contributed by atoms with Gasteiger partial charge in [-0.1, -0.05) is 67.4 Å². The zero-order valence-electron chi connectivity index (χ0n) is 27.8. The first-order chi connectivity index (χ1) is 23.7. The number of amides is 2. The number of hydrogen-bond donors (Lipinski definition) is 1. The maximum Gasteiger partial charge on any atom is 0.264 e. The van der Waals surface area contributed by atoms with Crippen molar-refractivity contribution in [1.82, 2.24) is 10.2 Å². The molecule has 1 N–H and O–H groups in total. The van der Waals surface area contributed by atoms with Gasteiger partial charge in [-0.05, 0) is 85.7 Å². The van der Waals surface area contributed by atoms with Crippen LogP contribution in [-0.4, -0.2) is 56.6 Å². The molecule has 0 spiro atoms. The van der Waals surface area contributed by atoms with Crippen molar-refractivity contribution < 1.29 is 27.1 Å². The third-order valence-electron chi connectivity index (χ3n) is 8.60. The van der Waals surface area contributed by atoms with E-state index in [-0.39, 0.29) is 42.1 Å². The normalized spacial score (nSPS) is 13.9. The zero-order chi connectivity index (χ0) is 34.8. The fourth-order valence-corrected chi connectivity index (χ4v) is 7.87. The SMILES string of the molecule is CCOc1ccccc1N(CC(=O)N(Cc1ccc(F)cc1)C(Cc1ccccc1)C(=O)NC1CCCC1)S(=O)(=O)c1ccc(SC)cc1. The number of nitrogens with zero attached hydrogens (tertiary/aromatic N) is 2. The molecule has 0 saturated heterocycles. The topological polar surface area (TPSA) is 96.0 Å². The summed E-state index contributed by atoms with van der Waals surface area (Å²) < 4.78 is 49.7. The molecule has 49 heavy (non-hydrogen) atoms. The minimum absolute atomic E-state index is 0.00671. The molecule has 1 fully saturated rings. The summed E-state index contributed by atoms with van der Waals surface area (Å²) in [5.74, 6) is -1.05. The number of thioether (sulfide) groups is 1. The summed E-state index contributed by atoms with van der Waals surface area (Å²) in [6.45, 7) is 1.42. The highest BCUT2D eigenvalue weighted by molar-refractivity contribution is 7.98. The van der Waals surface area contributed by atoms with Crippen LogP contribution in [-0.2, 0) is 32.6 Å². The molecule has 4 aromatic rings. The molecule has 1 saturated carbocycles. The lowest BCUT2D eigenvalue weighted by molar-refractivity contribution is -0.140. The lowest BCUT2D eigenvalue weighted by atomic mass is 10.0. The van der Waals surface area contributed by atoms with Gasteiger partial charge in [-0.25, -0.2) is 12.8 Å². The summed E-state index contributed by atoms with van der Waals surface area (Å²) in [6, 6.07) is 27.3. The number of hydrogen-bond acceptors (Lipinski definition) is 6. The molecule has 1 aliphatic rings. The molecule has 5 rings (SSSR count). The van der Waals surface area contributed by atoms with Crippen LogP contribution in [0.5, 0.6) is 5.75 Å². The Labute approximate surface area is 292 Å². The number of para-hydroxylation sites is 2. The molecule has 2 amide bonds. The van der Waals surface area contributed by atoms with Gasteiger partial charge in [-0.2, -0.15) is 0 Å². The van der Waals surface area contributed by atoms with Gasteiger partial charge in [0.05, 0.1) is 17.2 Å². The molecular formula is C38H42FN3O5S2. The van der Waals surface area contributed by atoms with Gasteiger partial charge in [-0.15, -0.1) is 11.8 Å². The number of sulfonamides is 1. The van der Waals surface area contributed by atoms with Gasteiger partial charge >= 0.3 is 0 Å². The fraction of sp³-hybridized carbons (Fsp3) is 0.316. The number of anilines is 1. The number of halogens is 1. The Morgan fingerprint density at radius 3 is 2.20 bits per heavy atom. The summed E-state index contributed by atoms with van der Waals surface area (Å²) in [5, 5.41) is 3.16. The first-order valence-electron chi connectivity index (χ1n) is 16.5. The summed E-state index contributed by atoms with van der Waals surface area (Å²) in [4.78, 5) is 31.2. The van der Waals surface area contributed by atoms with Crippen molar-refractivity contribution in [1.29, 1.82) is 0 Å². The molecule has 0 bridgehead atoms. The van der Waals surface area contributed by atoms with E-state index in [2.05, 4.69) is 5.32 Å². The van der Waals surface area contributed by atoms with Crippen LogP contribution in [0.1, 0.15) is 43.7 Å². The molecule has 1 aliphatic carbocycles. The number of carbonyl (C=O) groups is 2. The number of nitrogens with one attached hydrogen (secondary N) is 1. The fourth-order valence-electron chi connectivity index (χ4n) is 6.04. The maximum atomic E-state index is 14.7. The summed E-state index contributed by atoms with van der Waals surface area (Å²) in [7, 11) is -4.30. The van der Waals surface area contributed by atoms with E-state index >= 15 is 0 Å². The van der Waals surface area contributed by atoms with Crippen molar-refractivity contribution in [3.63, 3.8) is 0 Å². The second kappa shape index (κ2) is 16.8. The van der Waals surface area contributed by atoms with Crippen LogP contribution in [0.2, 0.25) is 0 Å².